The van der Waals surface area contributed by atoms with Crippen LogP contribution in [0.3, 0.4) is 0 Å². The second-order valence-electron chi connectivity index (χ2n) is 6.02. The van der Waals surface area contributed by atoms with E-state index in [-0.39, 0.29) is 23.6 Å². The van der Waals surface area contributed by atoms with Gasteiger partial charge in [-0.1, -0.05) is 18.2 Å². The molecule has 2 heterocycles. The molecule has 1 aromatic carbocycles. The molecule has 0 spiro atoms. The quantitative estimate of drug-likeness (QED) is 0.779. The Labute approximate surface area is 156 Å². The Morgan fingerprint density at radius 1 is 1.27 bits per heavy atom. The lowest BCUT2D eigenvalue weighted by Crippen LogP contribution is -2.48. The first-order valence-corrected chi connectivity index (χ1v) is 9.94. The third kappa shape index (κ3) is 4.40. The average Bonchev–Trinajstić information content (AvgIpc) is 3.20. The van der Waals surface area contributed by atoms with Crippen LogP contribution in [0.2, 0.25) is 0 Å². The van der Waals surface area contributed by atoms with E-state index in [1.54, 1.807) is 23.9 Å². The van der Waals surface area contributed by atoms with Gasteiger partial charge in [0.05, 0.1) is 18.9 Å². The van der Waals surface area contributed by atoms with Gasteiger partial charge in [0.15, 0.2) is 5.76 Å². The first-order chi connectivity index (χ1) is 12.7. The van der Waals surface area contributed by atoms with Crippen LogP contribution in [0, 0.1) is 0 Å². The van der Waals surface area contributed by atoms with Crippen molar-refractivity contribution in [3.63, 3.8) is 0 Å². The van der Waals surface area contributed by atoms with E-state index in [1.165, 1.54) is 6.26 Å². The lowest BCUT2D eigenvalue weighted by molar-refractivity contribution is -0.124. The Hall–Kier alpha value is -2.41. The number of rotatable bonds is 7. The van der Waals surface area contributed by atoms with Gasteiger partial charge in [-0.3, -0.25) is 9.59 Å². The van der Waals surface area contributed by atoms with Crippen LogP contribution in [0.15, 0.2) is 47.1 Å². The van der Waals surface area contributed by atoms with Gasteiger partial charge < -0.3 is 19.8 Å². The molecule has 0 bridgehead atoms. The number of ether oxygens (including phenoxy) is 1. The van der Waals surface area contributed by atoms with Gasteiger partial charge in [0.25, 0.3) is 5.91 Å². The zero-order valence-corrected chi connectivity index (χ0v) is 15.4. The van der Waals surface area contributed by atoms with E-state index in [0.717, 1.165) is 17.1 Å². The topological polar surface area (TPSA) is 80.6 Å². The maximum Gasteiger partial charge on any atom is 0.287 e. The van der Waals surface area contributed by atoms with Crippen molar-refractivity contribution in [3.8, 4) is 5.75 Å². The summed E-state index contributed by atoms with van der Waals surface area (Å²) in [6, 6.07) is 10.2. The molecule has 26 heavy (non-hydrogen) atoms. The van der Waals surface area contributed by atoms with Gasteiger partial charge in [0.1, 0.15) is 11.8 Å². The van der Waals surface area contributed by atoms with Crippen molar-refractivity contribution in [1.29, 1.82) is 0 Å². The van der Waals surface area contributed by atoms with Crippen LogP contribution in [-0.2, 0) is 4.79 Å². The highest BCUT2D eigenvalue weighted by Crippen LogP contribution is 2.31. The van der Waals surface area contributed by atoms with E-state index >= 15 is 0 Å². The Bertz CT molecular complexity index is 748. The highest BCUT2D eigenvalue weighted by Gasteiger charge is 2.27. The summed E-state index contributed by atoms with van der Waals surface area (Å²) in [6.45, 7) is 0.552. The standard InChI is InChI=1S/C19H22N2O4S/c1-26-12-9-15(21-19(23)17-7-4-10-24-17)18(22)20-14-8-11-25-16-6-3-2-5-13(14)16/h2-7,10,14-15H,8-9,11-12H2,1H3,(H,20,22)(H,21,23)/t14-,15-/m1/s1. The number of carbonyl (C=O) groups is 2. The number of thioether (sulfide) groups is 1. The molecule has 1 aliphatic rings. The molecule has 2 aromatic rings. The first-order valence-electron chi connectivity index (χ1n) is 8.54. The van der Waals surface area contributed by atoms with E-state index in [1.807, 2.05) is 30.5 Å². The zero-order valence-electron chi connectivity index (χ0n) is 14.6. The minimum absolute atomic E-state index is 0.121. The zero-order chi connectivity index (χ0) is 18.4. The summed E-state index contributed by atoms with van der Waals surface area (Å²) in [7, 11) is 0. The van der Waals surface area contributed by atoms with Crippen molar-refractivity contribution in [2.24, 2.45) is 0 Å². The molecule has 0 saturated heterocycles. The molecule has 1 aromatic heterocycles. The average molecular weight is 374 g/mol. The summed E-state index contributed by atoms with van der Waals surface area (Å²) in [5.74, 6) is 1.18. The lowest BCUT2D eigenvalue weighted by Gasteiger charge is -2.28. The maximum atomic E-state index is 12.8. The summed E-state index contributed by atoms with van der Waals surface area (Å²) in [4.78, 5) is 25.1. The molecule has 0 saturated carbocycles. The second kappa shape index (κ2) is 8.80. The number of hydrogen-bond donors (Lipinski definition) is 2. The van der Waals surface area contributed by atoms with Crippen LogP contribution in [0.5, 0.6) is 5.75 Å². The highest BCUT2D eigenvalue weighted by molar-refractivity contribution is 7.98. The summed E-state index contributed by atoms with van der Waals surface area (Å²) < 4.78 is 10.7. The molecule has 2 atom stereocenters. The fourth-order valence-electron chi connectivity index (χ4n) is 2.91. The van der Waals surface area contributed by atoms with Crippen molar-refractivity contribution in [3.05, 3.63) is 54.0 Å². The van der Waals surface area contributed by atoms with Gasteiger partial charge in [0.2, 0.25) is 5.91 Å². The number of fused-ring (bicyclic) bond motifs is 1. The molecule has 6 nitrogen and oxygen atoms in total. The van der Waals surface area contributed by atoms with Crippen molar-refractivity contribution >= 4 is 23.6 Å². The van der Waals surface area contributed by atoms with E-state index in [4.69, 9.17) is 9.15 Å². The summed E-state index contributed by atoms with van der Waals surface area (Å²) in [5.41, 5.74) is 0.966. The van der Waals surface area contributed by atoms with Crippen molar-refractivity contribution in [2.75, 3.05) is 18.6 Å². The number of furan rings is 1. The molecular weight excluding hydrogens is 352 g/mol. The number of hydrogen-bond acceptors (Lipinski definition) is 5. The molecule has 2 N–H and O–H groups in total. The van der Waals surface area contributed by atoms with E-state index in [2.05, 4.69) is 10.6 Å². The highest BCUT2D eigenvalue weighted by atomic mass is 32.2. The largest absolute Gasteiger partial charge is 0.493 e. The Kier molecular flexibility index (Phi) is 6.22. The SMILES string of the molecule is CSCC[C@@H](NC(=O)c1ccco1)C(=O)N[C@@H]1CCOc2ccccc21. The molecule has 7 heteroatoms. The van der Waals surface area contributed by atoms with E-state index < -0.39 is 6.04 Å². The number of benzene rings is 1. The fraction of sp³-hybridized carbons (Fsp3) is 0.368. The van der Waals surface area contributed by atoms with Gasteiger partial charge in [-0.15, -0.1) is 0 Å². The van der Waals surface area contributed by atoms with Crippen LogP contribution in [-0.4, -0.2) is 36.5 Å². The van der Waals surface area contributed by atoms with Crippen molar-refractivity contribution in [2.45, 2.75) is 24.9 Å². The molecule has 1 aliphatic heterocycles. The minimum Gasteiger partial charge on any atom is -0.493 e. The molecule has 0 radical (unpaired) electrons. The summed E-state index contributed by atoms with van der Waals surface area (Å²) >= 11 is 1.63. The van der Waals surface area contributed by atoms with Crippen molar-refractivity contribution in [1.82, 2.24) is 10.6 Å². The molecule has 138 valence electrons. The first kappa shape index (κ1) is 18.4. The van der Waals surface area contributed by atoms with Crippen LogP contribution in [0.1, 0.15) is 35.0 Å². The molecule has 0 fully saturated rings. The molecule has 2 amide bonds. The second-order valence-corrected chi connectivity index (χ2v) is 7.01. The summed E-state index contributed by atoms with van der Waals surface area (Å²) in [5, 5.41) is 5.84. The Morgan fingerprint density at radius 3 is 2.88 bits per heavy atom. The van der Waals surface area contributed by atoms with E-state index in [9.17, 15) is 9.59 Å². The number of nitrogens with one attached hydrogen (secondary N) is 2. The van der Waals surface area contributed by atoms with Crippen molar-refractivity contribution < 1.29 is 18.7 Å². The van der Waals surface area contributed by atoms with Gasteiger partial charge in [-0.05, 0) is 36.6 Å². The van der Waals surface area contributed by atoms with Gasteiger partial charge in [0, 0.05) is 12.0 Å². The van der Waals surface area contributed by atoms with Gasteiger partial charge >= 0.3 is 0 Å². The van der Waals surface area contributed by atoms with Crippen LogP contribution >= 0.6 is 11.8 Å². The van der Waals surface area contributed by atoms with Gasteiger partial charge in [-0.2, -0.15) is 11.8 Å². The monoisotopic (exact) mass is 374 g/mol. The van der Waals surface area contributed by atoms with Crippen LogP contribution in [0.25, 0.3) is 0 Å². The van der Waals surface area contributed by atoms with Crippen LogP contribution in [0.4, 0.5) is 0 Å². The Balaban J connectivity index is 1.69. The number of carbonyl (C=O) groups excluding carboxylic acids is 2. The molecular formula is C19H22N2O4S. The maximum absolute atomic E-state index is 12.8. The summed E-state index contributed by atoms with van der Waals surface area (Å²) in [6.07, 6.45) is 4.65. The predicted octanol–water partition coefficient (Wildman–Crippen LogP) is 2.77. The smallest absolute Gasteiger partial charge is 0.287 e. The third-order valence-corrected chi connectivity index (χ3v) is 4.90. The predicted molar refractivity (Wildman–Crippen MR) is 100 cm³/mol. The number of amides is 2. The molecule has 0 unspecified atom stereocenters. The third-order valence-electron chi connectivity index (χ3n) is 4.25. The number of para-hydroxylation sites is 1. The molecule has 0 aliphatic carbocycles. The molecule has 3 rings (SSSR count). The van der Waals surface area contributed by atoms with Gasteiger partial charge in [-0.25, -0.2) is 0 Å². The minimum atomic E-state index is -0.616. The normalized spacial score (nSPS) is 16.9. The van der Waals surface area contributed by atoms with Crippen LogP contribution < -0.4 is 15.4 Å². The lowest BCUT2D eigenvalue weighted by atomic mass is 10.00. The Morgan fingerprint density at radius 2 is 2.12 bits per heavy atom. The fourth-order valence-corrected chi connectivity index (χ4v) is 3.38. The van der Waals surface area contributed by atoms with E-state index in [0.29, 0.717) is 19.4 Å².